The number of carbonyl (C=O) groups excluding carboxylic acids is 1. The molecule has 1 amide bonds. The predicted octanol–water partition coefficient (Wildman–Crippen LogP) is 3.44. The van der Waals surface area contributed by atoms with Crippen LogP contribution in [-0.4, -0.2) is 5.91 Å². The number of nitrogens with one attached hydrogen (secondary N) is 1. The van der Waals surface area contributed by atoms with Gasteiger partial charge in [0.15, 0.2) is 0 Å². The maximum atomic E-state index is 13.3. The van der Waals surface area contributed by atoms with Gasteiger partial charge in [0, 0.05) is 0 Å². The summed E-state index contributed by atoms with van der Waals surface area (Å²) < 4.78 is 51.5. The summed E-state index contributed by atoms with van der Waals surface area (Å²) in [5.74, 6) is 2.92. The maximum Gasteiger partial charge on any atom is 0.419 e. The molecule has 0 bridgehead atoms. The fourth-order valence-corrected chi connectivity index (χ4v) is 2.15. The van der Waals surface area contributed by atoms with Crippen LogP contribution in [0.2, 0.25) is 0 Å². The largest absolute Gasteiger partial charge is 0.419 e. The zero-order valence-corrected chi connectivity index (χ0v) is 11.2. The van der Waals surface area contributed by atoms with Crippen molar-refractivity contribution in [2.45, 2.75) is 32.0 Å². The van der Waals surface area contributed by atoms with Crippen LogP contribution in [0.15, 0.2) is 18.2 Å². The molecule has 1 aliphatic carbocycles. The molecular weight excluding hydrogens is 286 g/mol. The van der Waals surface area contributed by atoms with E-state index in [2.05, 4.69) is 17.2 Å². The van der Waals surface area contributed by atoms with Crippen molar-refractivity contribution in [3.63, 3.8) is 0 Å². The quantitative estimate of drug-likeness (QED) is 0.672. The molecule has 0 saturated heterocycles. The highest BCUT2D eigenvalue weighted by molar-refractivity contribution is 5.93. The minimum absolute atomic E-state index is 0.0687. The number of halogens is 4. The van der Waals surface area contributed by atoms with E-state index in [1.54, 1.807) is 0 Å². The summed E-state index contributed by atoms with van der Waals surface area (Å²) in [5, 5.41) is 2.59. The van der Waals surface area contributed by atoms with Crippen molar-refractivity contribution >= 4 is 5.91 Å². The molecule has 1 aromatic carbocycles. The monoisotopic (exact) mass is 299 g/mol. The first kappa shape index (κ1) is 15.4. The highest BCUT2D eigenvalue weighted by Crippen LogP contribution is 2.42. The van der Waals surface area contributed by atoms with E-state index in [1.165, 1.54) is 13.0 Å². The van der Waals surface area contributed by atoms with Crippen LogP contribution in [0.1, 0.15) is 36.9 Å². The Kier molecular flexibility index (Phi) is 4.21. The molecule has 0 radical (unpaired) electrons. The number of rotatable bonds is 3. The number of hydrogen-bond acceptors (Lipinski definition) is 1. The molecule has 1 aliphatic rings. The highest BCUT2D eigenvalue weighted by atomic mass is 19.4. The number of alkyl halides is 3. The molecule has 112 valence electrons. The molecule has 1 N–H and O–H groups in total. The van der Waals surface area contributed by atoms with Gasteiger partial charge in [-0.2, -0.15) is 13.2 Å². The summed E-state index contributed by atoms with van der Waals surface area (Å²) in [5.41, 5.74) is -1.07. The molecule has 2 rings (SSSR count). The van der Waals surface area contributed by atoms with Gasteiger partial charge in [0.1, 0.15) is 5.82 Å². The van der Waals surface area contributed by atoms with Crippen molar-refractivity contribution in [3.8, 4) is 11.8 Å². The second-order valence-corrected chi connectivity index (χ2v) is 4.90. The number of carbonyl (C=O) groups is 1. The minimum atomic E-state index is -4.76. The molecule has 1 fully saturated rings. The summed E-state index contributed by atoms with van der Waals surface area (Å²) in [4.78, 5) is 11.5. The van der Waals surface area contributed by atoms with Gasteiger partial charge in [0.05, 0.1) is 11.6 Å². The molecule has 21 heavy (non-hydrogen) atoms. The van der Waals surface area contributed by atoms with Crippen LogP contribution in [0.25, 0.3) is 0 Å². The third-order valence-electron chi connectivity index (χ3n) is 3.27. The maximum absolute atomic E-state index is 13.3. The van der Waals surface area contributed by atoms with Gasteiger partial charge in [-0.1, -0.05) is 12.0 Å². The van der Waals surface area contributed by atoms with Crippen molar-refractivity contribution in [2.24, 2.45) is 5.92 Å². The SMILES string of the molecule is CC#CC(=O)NC(c1ccc(F)c(C(F)(F)F)c1)C1CC1. The fourth-order valence-electron chi connectivity index (χ4n) is 2.15. The van der Waals surface area contributed by atoms with Crippen LogP contribution < -0.4 is 5.32 Å². The Balaban J connectivity index is 2.32. The molecule has 0 aromatic heterocycles. The molecule has 1 atom stereocenters. The Labute approximate surface area is 119 Å². The van der Waals surface area contributed by atoms with Crippen LogP contribution in [0.4, 0.5) is 17.6 Å². The lowest BCUT2D eigenvalue weighted by Crippen LogP contribution is -2.29. The van der Waals surface area contributed by atoms with Gasteiger partial charge in [-0.15, -0.1) is 0 Å². The second-order valence-electron chi connectivity index (χ2n) is 4.90. The summed E-state index contributed by atoms with van der Waals surface area (Å²) >= 11 is 0. The van der Waals surface area contributed by atoms with Gasteiger partial charge in [0.25, 0.3) is 5.91 Å². The van der Waals surface area contributed by atoms with Crippen molar-refractivity contribution in [1.82, 2.24) is 5.32 Å². The Hall–Kier alpha value is -2.03. The minimum Gasteiger partial charge on any atom is -0.338 e. The average Bonchev–Trinajstić information content (AvgIpc) is 3.20. The first-order chi connectivity index (χ1) is 9.82. The molecular formula is C15H13F4NO. The average molecular weight is 299 g/mol. The van der Waals surface area contributed by atoms with E-state index in [-0.39, 0.29) is 11.5 Å². The highest BCUT2D eigenvalue weighted by Gasteiger charge is 2.37. The Morgan fingerprint density at radius 2 is 2.05 bits per heavy atom. The van der Waals surface area contributed by atoms with E-state index in [0.717, 1.165) is 25.0 Å². The Morgan fingerprint density at radius 1 is 1.38 bits per heavy atom. The summed E-state index contributed by atoms with van der Waals surface area (Å²) in [6, 6.07) is 2.25. The normalized spacial score (nSPS) is 15.9. The first-order valence-corrected chi connectivity index (χ1v) is 6.43. The molecule has 0 spiro atoms. The van der Waals surface area contributed by atoms with Gasteiger partial charge in [-0.05, 0) is 49.3 Å². The fraction of sp³-hybridized carbons (Fsp3) is 0.400. The topological polar surface area (TPSA) is 29.1 Å². The molecule has 1 unspecified atom stereocenters. The Bertz CT molecular complexity index is 608. The lowest BCUT2D eigenvalue weighted by atomic mass is 9.99. The summed E-state index contributed by atoms with van der Waals surface area (Å²) in [6.07, 6.45) is -3.14. The molecule has 1 saturated carbocycles. The summed E-state index contributed by atoms with van der Waals surface area (Å²) in [6.45, 7) is 1.49. The van der Waals surface area contributed by atoms with Gasteiger partial charge >= 0.3 is 6.18 Å². The van der Waals surface area contributed by atoms with E-state index in [9.17, 15) is 22.4 Å². The van der Waals surface area contributed by atoms with Crippen LogP contribution in [0.5, 0.6) is 0 Å². The number of hydrogen-bond donors (Lipinski definition) is 1. The zero-order valence-electron chi connectivity index (χ0n) is 11.2. The van der Waals surface area contributed by atoms with Gasteiger partial charge < -0.3 is 5.32 Å². The molecule has 6 heteroatoms. The smallest absolute Gasteiger partial charge is 0.338 e. The van der Waals surface area contributed by atoms with E-state index in [4.69, 9.17) is 0 Å². The van der Waals surface area contributed by atoms with E-state index >= 15 is 0 Å². The van der Waals surface area contributed by atoms with Gasteiger partial charge in [0.2, 0.25) is 0 Å². The predicted molar refractivity (Wildman–Crippen MR) is 68.5 cm³/mol. The second kappa shape index (κ2) is 5.76. The summed E-state index contributed by atoms with van der Waals surface area (Å²) in [7, 11) is 0. The number of amides is 1. The van der Waals surface area contributed by atoms with E-state index in [1.807, 2.05) is 0 Å². The van der Waals surface area contributed by atoms with E-state index < -0.39 is 29.5 Å². The Morgan fingerprint density at radius 3 is 2.57 bits per heavy atom. The zero-order chi connectivity index (χ0) is 15.6. The molecule has 2 nitrogen and oxygen atoms in total. The van der Waals surface area contributed by atoms with Crippen LogP contribution in [0, 0.1) is 23.6 Å². The van der Waals surface area contributed by atoms with Crippen molar-refractivity contribution in [1.29, 1.82) is 0 Å². The molecule has 1 aromatic rings. The molecule has 0 aliphatic heterocycles. The molecule has 0 heterocycles. The third kappa shape index (κ3) is 3.75. The first-order valence-electron chi connectivity index (χ1n) is 6.43. The van der Waals surface area contributed by atoms with Gasteiger partial charge in [-0.25, -0.2) is 4.39 Å². The van der Waals surface area contributed by atoms with Crippen LogP contribution >= 0.6 is 0 Å². The van der Waals surface area contributed by atoms with E-state index in [0.29, 0.717) is 0 Å². The van der Waals surface area contributed by atoms with Crippen molar-refractivity contribution in [2.75, 3.05) is 0 Å². The van der Waals surface area contributed by atoms with Crippen LogP contribution in [0.3, 0.4) is 0 Å². The standard InChI is InChI=1S/C15H13F4NO/c1-2-3-13(21)20-14(9-4-5-9)10-6-7-12(16)11(8-10)15(17,18)19/h6-9,14H,4-5H2,1H3,(H,20,21). The van der Waals surface area contributed by atoms with Crippen LogP contribution in [-0.2, 0) is 11.0 Å². The van der Waals surface area contributed by atoms with Crippen molar-refractivity contribution in [3.05, 3.63) is 35.1 Å². The third-order valence-corrected chi connectivity index (χ3v) is 3.27. The van der Waals surface area contributed by atoms with Gasteiger partial charge in [-0.3, -0.25) is 4.79 Å². The lowest BCUT2D eigenvalue weighted by molar-refractivity contribution is -0.140. The van der Waals surface area contributed by atoms with Crippen molar-refractivity contribution < 1.29 is 22.4 Å². The number of benzene rings is 1. The lowest BCUT2D eigenvalue weighted by Gasteiger charge is -2.19.